The Kier molecular flexibility index (Phi) is 5.87. The third kappa shape index (κ3) is 3.58. The molecular weight excluding hydrogens is 593 g/mol. The fraction of sp³-hybridized carbons (Fsp3) is 0.0851. The number of hydrogen-bond donors (Lipinski definition) is 0. The summed E-state index contributed by atoms with van der Waals surface area (Å²) in [5, 5.41) is 2.56. The second-order valence-corrected chi connectivity index (χ2v) is 13.6. The van der Waals surface area contributed by atoms with Crippen LogP contribution in [0, 0.1) is 5.92 Å². The van der Waals surface area contributed by atoms with Gasteiger partial charge in [-0.05, 0) is 111 Å². The highest BCUT2D eigenvalue weighted by Gasteiger charge is 2.54. The predicted octanol–water partition coefficient (Wildman–Crippen LogP) is 12.1. The quantitative estimate of drug-likeness (QED) is 0.173. The minimum Gasteiger partial charge on any atom is -0.309 e. The van der Waals surface area contributed by atoms with Crippen LogP contribution >= 0.6 is 0 Å². The normalized spacial score (nSPS) is 18.5. The van der Waals surface area contributed by atoms with Gasteiger partial charge in [0.15, 0.2) is 0 Å². The zero-order valence-corrected chi connectivity index (χ0v) is 27.4. The van der Waals surface area contributed by atoms with Crippen LogP contribution in [0.1, 0.15) is 41.2 Å². The average Bonchev–Trinajstić information content (AvgIpc) is 3.75. The summed E-state index contributed by atoms with van der Waals surface area (Å²) in [5.41, 5.74) is 18.6. The van der Waals surface area contributed by atoms with E-state index in [1.807, 2.05) is 18.2 Å². The smallest absolute Gasteiger partial charge is 0.0700 e. The topological polar surface area (TPSA) is 17.3 Å². The lowest BCUT2D eigenvalue weighted by Crippen LogP contribution is -2.30. The van der Waals surface area contributed by atoms with E-state index < -0.39 is 0 Å². The van der Waals surface area contributed by atoms with E-state index in [2.05, 4.69) is 157 Å². The number of para-hydroxylation sites is 1. The van der Waals surface area contributed by atoms with E-state index in [-0.39, 0.29) is 5.41 Å². The molecule has 3 aliphatic carbocycles. The molecule has 0 saturated carbocycles. The van der Waals surface area contributed by atoms with E-state index in [9.17, 15) is 0 Å². The fourth-order valence-electron chi connectivity index (χ4n) is 9.40. The molecule has 0 amide bonds. The second kappa shape index (κ2) is 10.3. The highest BCUT2D eigenvalue weighted by Crippen LogP contribution is 2.65. The second-order valence-electron chi connectivity index (χ2n) is 13.6. The molecule has 2 heteroatoms. The van der Waals surface area contributed by atoms with Gasteiger partial charge < -0.3 is 4.57 Å². The number of aliphatic imine (C=N–C) groups is 1. The molecule has 2 nitrogen and oxygen atoms in total. The maximum absolute atomic E-state index is 4.23. The molecule has 1 aromatic heterocycles. The van der Waals surface area contributed by atoms with E-state index in [4.69, 9.17) is 0 Å². The van der Waals surface area contributed by atoms with Gasteiger partial charge in [0, 0.05) is 22.0 Å². The van der Waals surface area contributed by atoms with Crippen molar-refractivity contribution in [2.75, 3.05) is 0 Å². The van der Waals surface area contributed by atoms with Crippen molar-refractivity contribution in [3.63, 3.8) is 0 Å². The summed E-state index contributed by atoms with van der Waals surface area (Å²) >= 11 is 0. The van der Waals surface area contributed by atoms with Crippen LogP contribution in [0.2, 0.25) is 0 Å². The Labute approximate surface area is 286 Å². The third-order valence-corrected chi connectivity index (χ3v) is 11.3. The van der Waals surface area contributed by atoms with Crippen molar-refractivity contribution in [3.05, 3.63) is 180 Å². The first-order chi connectivity index (χ1) is 24.1. The molecule has 0 bridgehead atoms. The largest absolute Gasteiger partial charge is 0.309 e. The van der Waals surface area contributed by atoms with E-state index >= 15 is 0 Å². The van der Waals surface area contributed by atoms with Crippen LogP contribution in [0.3, 0.4) is 0 Å². The molecule has 0 aliphatic heterocycles. The van der Waals surface area contributed by atoms with Gasteiger partial charge in [0.25, 0.3) is 0 Å². The minimum atomic E-state index is -0.307. The number of allylic oxidation sites excluding steroid dienone is 4. The predicted molar refractivity (Wildman–Crippen MR) is 207 cm³/mol. The van der Waals surface area contributed by atoms with Crippen molar-refractivity contribution in [3.8, 4) is 27.9 Å². The van der Waals surface area contributed by atoms with Gasteiger partial charge in [-0.25, -0.2) is 0 Å². The summed E-state index contributed by atoms with van der Waals surface area (Å²) in [6.45, 7) is 10.3. The van der Waals surface area contributed by atoms with Gasteiger partial charge in [-0.3, -0.25) is 4.99 Å². The van der Waals surface area contributed by atoms with Gasteiger partial charge in [0.1, 0.15) is 0 Å². The molecule has 1 spiro atoms. The fourth-order valence-corrected chi connectivity index (χ4v) is 9.40. The lowest BCUT2D eigenvalue weighted by atomic mass is 9.65. The molecule has 3 aliphatic rings. The van der Waals surface area contributed by atoms with Crippen LogP contribution < -0.4 is 0 Å². The maximum atomic E-state index is 4.23. The van der Waals surface area contributed by atoms with E-state index in [0.717, 1.165) is 34.5 Å². The number of nitrogens with zero attached hydrogens (tertiary/aromatic N) is 2. The highest BCUT2D eigenvalue weighted by atomic mass is 15.0. The molecular formula is C47H34N2. The van der Waals surface area contributed by atoms with Crippen LogP contribution in [0.5, 0.6) is 0 Å². The van der Waals surface area contributed by atoms with Gasteiger partial charge in [0.05, 0.1) is 22.1 Å². The number of hydrogen-bond acceptors (Lipinski definition) is 1. The van der Waals surface area contributed by atoms with Crippen molar-refractivity contribution in [2.45, 2.75) is 18.8 Å². The average molecular weight is 627 g/mol. The number of fused-ring (bicyclic) bond motifs is 12. The Hall–Kier alpha value is -5.99. The molecule has 0 fully saturated rings. The van der Waals surface area contributed by atoms with Crippen LogP contribution in [0.25, 0.3) is 61.4 Å². The molecule has 232 valence electrons. The number of aromatic nitrogens is 1. The highest BCUT2D eigenvalue weighted by molar-refractivity contribution is 6.12. The van der Waals surface area contributed by atoms with Crippen molar-refractivity contribution >= 4 is 45.9 Å². The maximum Gasteiger partial charge on any atom is 0.0700 e. The van der Waals surface area contributed by atoms with Crippen LogP contribution in [-0.2, 0) is 5.41 Å². The molecule has 2 unspecified atom stereocenters. The third-order valence-electron chi connectivity index (χ3n) is 11.3. The zero-order valence-electron chi connectivity index (χ0n) is 27.4. The van der Waals surface area contributed by atoms with E-state index in [1.54, 1.807) is 5.57 Å². The van der Waals surface area contributed by atoms with Gasteiger partial charge in [0.2, 0.25) is 0 Å². The minimum absolute atomic E-state index is 0.307. The van der Waals surface area contributed by atoms with Crippen LogP contribution in [0.15, 0.2) is 157 Å². The summed E-state index contributed by atoms with van der Waals surface area (Å²) in [7, 11) is 0. The Bertz CT molecular complexity index is 2630. The summed E-state index contributed by atoms with van der Waals surface area (Å²) in [6.07, 6.45) is 7.69. The Morgan fingerprint density at radius 2 is 1.41 bits per heavy atom. The van der Waals surface area contributed by atoms with Crippen molar-refractivity contribution in [1.82, 2.24) is 4.57 Å². The number of benzene rings is 6. The molecule has 7 aromatic rings. The molecule has 10 rings (SSSR count). The van der Waals surface area contributed by atoms with E-state index in [0.29, 0.717) is 5.92 Å². The Balaban J connectivity index is 1.25. The van der Waals surface area contributed by atoms with Gasteiger partial charge in [-0.2, -0.15) is 0 Å². The first-order valence-electron chi connectivity index (χ1n) is 17.2. The van der Waals surface area contributed by atoms with Gasteiger partial charge in [-0.15, -0.1) is 0 Å². The van der Waals surface area contributed by atoms with Gasteiger partial charge in [-0.1, -0.05) is 123 Å². The molecule has 0 N–H and O–H groups in total. The Morgan fingerprint density at radius 3 is 2.20 bits per heavy atom. The molecule has 1 heterocycles. The lowest BCUT2D eigenvalue weighted by molar-refractivity contribution is 0.591. The molecule has 2 atom stereocenters. The van der Waals surface area contributed by atoms with Crippen molar-refractivity contribution < 1.29 is 0 Å². The molecule has 0 saturated heterocycles. The van der Waals surface area contributed by atoms with Crippen LogP contribution in [0.4, 0.5) is 5.69 Å². The van der Waals surface area contributed by atoms with E-state index in [1.165, 1.54) is 60.8 Å². The number of rotatable bonds is 4. The molecule has 0 radical (unpaired) electrons. The zero-order chi connectivity index (χ0) is 32.9. The SMILES string of the molecule is C=Cc1c(N=C)cccc1-c1ccc(-n2c3ccccc3c3cc4c(cc32)-c2ccccc2C42C3=C(C=CCC3C)c3ccccc32)cc1. The summed E-state index contributed by atoms with van der Waals surface area (Å²) in [4.78, 5) is 4.23. The van der Waals surface area contributed by atoms with Gasteiger partial charge >= 0.3 is 0 Å². The summed E-state index contributed by atoms with van der Waals surface area (Å²) < 4.78 is 2.44. The monoisotopic (exact) mass is 626 g/mol. The van der Waals surface area contributed by atoms with Crippen molar-refractivity contribution in [1.29, 1.82) is 0 Å². The summed E-state index contributed by atoms with van der Waals surface area (Å²) in [5.74, 6) is 0.437. The first-order valence-corrected chi connectivity index (χ1v) is 17.2. The Morgan fingerprint density at radius 1 is 0.694 bits per heavy atom. The summed E-state index contributed by atoms with van der Waals surface area (Å²) in [6, 6.07) is 47.2. The van der Waals surface area contributed by atoms with Crippen LogP contribution in [-0.4, -0.2) is 11.3 Å². The van der Waals surface area contributed by atoms with Crippen molar-refractivity contribution in [2.24, 2.45) is 10.9 Å². The molecule has 49 heavy (non-hydrogen) atoms. The lowest BCUT2D eigenvalue weighted by Gasteiger charge is -2.36. The first kappa shape index (κ1) is 28.1. The standard InChI is InChI=1S/C47H34N2/c1-4-32-33(17-12-21-43(32)48-3)30-23-25-31(26-24-30)49-44-22-10-7-16-36(44)39-27-42-38(28-45(39)49)35-15-6-9-20-41(35)47(42)40-19-8-5-14-34(40)37-18-11-13-29(2)46(37)47/h4-12,14-29H,1,3,13H2,2H3. The molecule has 6 aromatic carbocycles.